The minimum Gasteiger partial charge on any atom is -0.354 e. The molecule has 1 aliphatic heterocycles. The molecule has 0 bridgehead atoms. The molecule has 8 nitrogen and oxygen atoms in total. The number of piperazine rings is 1. The van der Waals surface area contributed by atoms with Gasteiger partial charge in [-0.05, 0) is 56.1 Å². The highest BCUT2D eigenvalue weighted by Gasteiger charge is 2.29. The molecule has 1 heterocycles. The summed E-state index contributed by atoms with van der Waals surface area (Å²) >= 11 is 0. The summed E-state index contributed by atoms with van der Waals surface area (Å²) in [4.78, 5) is 28.3. The number of carbonyl (C=O) groups excluding carboxylic acids is 2. The Bertz CT molecular complexity index is 1060. The number of halogens is 1. The number of carbonyl (C=O) groups is 2. The molecule has 0 spiro atoms. The van der Waals surface area contributed by atoms with Crippen LogP contribution in [0.4, 0.5) is 4.39 Å². The third kappa shape index (κ3) is 5.90. The molecule has 0 atom stereocenters. The molecule has 1 N–H and O–H groups in total. The lowest BCUT2D eigenvalue weighted by Gasteiger charge is -2.26. The largest absolute Gasteiger partial charge is 0.354 e. The number of rotatable bonds is 8. The van der Waals surface area contributed by atoms with Crippen molar-refractivity contribution in [1.29, 1.82) is 0 Å². The lowest BCUT2D eigenvalue weighted by atomic mass is 10.1. The molecule has 172 valence electrons. The van der Waals surface area contributed by atoms with Crippen molar-refractivity contribution in [3.8, 4) is 0 Å². The lowest BCUT2D eigenvalue weighted by molar-refractivity contribution is -0.122. The van der Waals surface area contributed by atoms with E-state index in [0.717, 1.165) is 9.87 Å². The van der Waals surface area contributed by atoms with E-state index in [1.165, 1.54) is 36.4 Å². The molecule has 32 heavy (non-hydrogen) atoms. The normalized spacial score (nSPS) is 14.9. The van der Waals surface area contributed by atoms with E-state index < -0.39 is 10.0 Å². The monoisotopic (exact) mass is 462 g/mol. The number of hydrogen-bond acceptors (Lipinski definition) is 5. The molecular weight excluding hydrogens is 435 g/mol. The maximum Gasteiger partial charge on any atom is 0.254 e. The van der Waals surface area contributed by atoms with Crippen molar-refractivity contribution in [2.24, 2.45) is 0 Å². The van der Waals surface area contributed by atoms with Crippen LogP contribution in [0.5, 0.6) is 0 Å². The maximum absolute atomic E-state index is 13.2. The zero-order valence-electron chi connectivity index (χ0n) is 18.1. The first-order valence-corrected chi connectivity index (χ1v) is 11.7. The van der Waals surface area contributed by atoms with Crippen LogP contribution in [0.15, 0.2) is 53.4 Å². The van der Waals surface area contributed by atoms with Gasteiger partial charge in [0.1, 0.15) is 5.82 Å². The number of benzene rings is 2. The lowest BCUT2D eigenvalue weighted by Crippen LogP contribution is -2.49. The van der Waals surface area contributed by atoms with Gasteiger partial charge in [0.15, 0.2) is 0 Å². The summed E-state index contributed by atoms with van der Waals surface area (Å²) in [7, 11) is -0.0187. The van der Waals surface area contributed by atoms with E-state index >= 15 is 0 Å². The van der Waals surface area contributed by atoms with Crippen LogP contribution in [0.3, 0.4) is 0 Å². The van der Waals surface area contributed by atoms with Gasteiger partial charge in [0.05, 0.1) is 11.4 Å². The number of hydrogen-bond donors (Lipinski definition) is 1. The fourth-order valence-electron chi connectivity index (χ4n) is 3.30. The molecule has 3 rings (SSSR count). The van der Waals surface area contributed by atoms with Gasteiger partial charge in [0.2, 0.25) is 15.9 Å². The van der Waals surface area contributed by atoms with Crippen molar-refractivity contribution in [1.82, 2.24) is 19.4 Å². The van der Waals surface area contributed by atoms with Crippen molar-refractivity contribution >= 4 is 21.8 Å². The Hall–Kier alpha value is -2.82. The van der Waals surface area contributed by atoms with Crippen LogP contribution in [0.25, 0.3) is 0 Å². The average Bonchev–Trinajstić information content (AvgIpc) is 2.77. The van der Waals surface area contributed by atoms with Crippen LogP contribution in [-0.2, 0) is 21.4 Å². The Labute approximate surface area is 187 Å². The van der Waals surface area contributed by atoms with E-state index in [1.807, 2.05) is 19.0 Å². The van der Waals surface area contributed by atoms with Crippen LogP contribution >= 0.6 is 0 Å². The number of nitrogens with zero attached hydrogens (tertiary/aromatic N) is 3. The first kappa shape index (κ1) is 23.8. The maximum atomic E-state index is 13.2. The van der Waals surface area contributed by atoms with Gasteiger partial charge >= 0.3 is 0 Å². The van der Waals surface area contributed by atoms with E-state index in [9.17, 15) is 22.4 Å². The first-order chi connectivity index (χ1) is 15.2. The van der Waals surface area contributed by atoms with Crippen molar-refractivity contribution in [2.75, 3.05) is 46.8 Å². The van der Waals surface area contributed by atoms with Crippen LogP contribution < -0.4 is 5.32 Å². The summed E-state index contributed by atoms with van der Waals surface area (Å²) in [5, 5.41) is 2.60. The van der Waals surface area contributed by atoms with Gasteiger partial charge in [-0.1, -0.05) is 12.1 Å². The Morgan fingerprint density at radius 3 is 2.31 bits per heavy atom. The Balaban J connectivity index is 1.78. The smallest absolute Gasteiger partial charge is 0.254 e. The highest BCUT2D eigenvalue weighted by atomic mass is 32.2. The molecule has 0 saturated carbocycles. The quantitative estimate of drug-likeness (QED) is 0.636. The minimum atomic E-state index is -3.83. The summed E-state index contributed by atoms with van der Waals surface area (Å²) in [5.74, 6) is -0.940. The molecule has 0 aliphatic carbocycles. The van der Waals surface area contributed by atoms with E-state index in [0.29, 0.717) is 25.2 Å². The van der Waals surface area contributed by atoms with Crippen LogP contribution in [0, 0.1) is 5.82 Å². The Morgan fingerprint density at radius 2 is 1.72 bits per heavy atom. The molecule has 1 saturated heterocycles. The van der Waals surface area contributed by atoms with Gasteiger partial charge in [-0.15, -0.1) is 0 Å². The second-order valence-electron chi connectivity index (χ2n) is 7.87. The van der Waals surface area contributed by atoms with Gasteiger partial charge < -0.3 is 15.1 Å². The summed E-state index contributed by atoms with van der Waals surface area (Å²) in [6, 6.07) is 11.7. The predicted molar refractivity (Wildman–Crippen MR) is 118 cm³/mol. The van der Waals surface area contributed by atoms with Crippen LogP contribution in [-0.4, -0.2) is 81.2 Å². The molecule has 0 aromatic heterocycles. The number of nitrogens with one attached hydrogen (secondary N) is 1. The van der Waals surface area contributed by atoms with Crippen molar-refractivity contribution in [2.45, 2.75) is 11.4 Å². The van der Waals surface area contributed by atoms with Crippen molar-refractivity contribution in [3.05, 3.63) is 65.5 Å². The van der Waals surface area contributed by atoms with Gasteiger partial charge in [-0.3, -0.25) is 9.59 Å². The van der Waals surface area contributed by atoms with E-state index in [1.54, 1.807) is 17.0 Å². The molecular formula is C22H27FN4O4S. The molecule has 2 aromatic carbocycles. The van der Waals surface area contributed by atoms with Gasteiger partial charge in [0.25, 0.3) is 5.91 Å². The molecule has 0 unspecified atom stereocenters. The number of amides is 2. The summed E-state index contributed by atoms with van der Waals surface area (Å²) in [5.41, 5.74) is 1.14. The van der Waals surface area contributed by atoms with Crippen LogP contribution in [0.1, 0.15) is 15.9 Å². The highest BCUT2D eigenvalue weighted by molar-refractivity contribution is 7.89. The Kier molecular flexibility index (Phi) is 7.60. The molecule has 10 heteroatoms. The molecule has 0 radical (unpaired) electrons. The van der Waals surface area contributed by atoms with E-state index in [4.69, 9.17) is 0 Å². The zero-order chi connectivity index (χ0) is 23.3. The average molecular weight is 463 g/mol. The Morgan fingerprint density at radius 1 is 1.06 bits per heavy atom. The fourth-order valence-corrected chi connectivity index (χ4v) is 4.70. The van der Waals surface area contributed by atoms with Crippen molar-refractivity contribution < 1.29 is 22.4 Å². The van der Waals surface area contributed by atoms with E-state index in [-0.39, 0.29) is 42.2 Å². The van der Waals surface area contributed by atoms with Crippen LogP contribution in [0.2, 0.25) is 0 Å². The minimum absolute atomic E-state index is 0.0297. The number of likely N-dealkylation sites (N-methyl/N-ethyl adjacent to an activating group) is 1. The molecule has 1 fully saturated rings. The molecule has 2 amide bonds. The van der Waals surface area contributed by atoms with Gasteiger partial charge in [0, 0.05) is 38.3 Å². The summed E-state index contributed by atoms with van der Waals surface area (Å²) in [6.45, 7) is 1.63. The zero-order valence-corrected chi connectivity index (χ0v) is 18.9. The molecule has 2 aromatic rings. The summed E-state index contributed by atoms with van der Waals surface area (Å²) in [6.07, 6.45) is 0. The van der Waals surface area contributed by atoms with Crippen molar-refractivity contribution in [3.63, 3.8) is 0 Å². The standard InChI is InChI=1S/C22H27FN4O4S/c1-25(2)13-14-26(15-17-3-7-19(23)8-4-17)22(29)18-5-9-20(10-6-18)32(30,31)27-12-11-24-21(28)16-27/h3-10H,11-16H2,1-2H3,(H,24,28). The first-order valence-electron chi connectivity index (χ1n) is 10.2. The fraction of sp³-hybridized carbons (Fsp3) is 0.364. The second-order valence-corrected chi connectivity index (χ2v) is 9.81. The topological polar surface area (TPSA) is 90.0 Å². The molecule has 1 aliphatic rings. The number of sulfonamides is 1. The SMILES string of the molecule is CN(C)CCN(Cc1ccc(F)cc1)C(=O)c1ccc(S(=O)(=O)N2CCNC(=O)C2)cc1. The second kappa shape index (κ2) is 10.2. The van der Waals surface area contributed by atoms with Gasteiger partial charge in [-0.2, -0.15) is 4.31 Å². The third-order valence-corrected chi connectivity index (χ3v) is 6.99. The van der Waals surface area contributed by atoms with Gasteiger partial charge in [-0.25, -0.2) is 12.8 Å². The summed E-state index contributed by atoms with van der Waals surface area (Å²) < 4.78 is 40.0. The van der Waals surface area contributed by atoms with E-state index in [2.05, 4.69) is 5.32 Å². The highest BCUT2D eigenvalue weighted by Crippen LogP contribution is 2.19. The third-order valence-electron chi connectivity index (χ3n) is 5.13. The predicted octanol–water partition coefficient (Wildman–Crippen LogP) is 1.15.